The summed E-state index contributed by atoms with van der Waals surface area (Å²) in [7, 11) is 0. The maximum atomic E-state index is 12.4. The van der Waals surface area contributed by atoms with Crippen LogP contribution in [-0.4, -0.2) is 14.5 Å². The Morgan fingerprint density at radius 2 is 2.09 bits per heavy atom. The predicted octanol–water partition coefficient (Wildman–Crippen LogP) is 3.90. The van der Waals surface area contributed by atoms with E-state index in [-0.39, 0.29) is 5.56 Å². The average molecular weight is 354 g/mol. The van der Waals surface area contributed by atoms with Gasteiger partial charge in [-0.2, -0.15) is 4.98 Å². The van der Waals surface area contributed by atoms with Gasteiger partial charge in [-0.25, -0.2) is 4.98 Å². The standard InChI is InChI=1S/C14H9Cl2N3O2S/c15-8-4-3-7(6-9(8)16)21-14-18-11-12(22-14)17-10-2-1-5-19(10)13(11)20/h3-4,6H,1-2,5H2. The molecule has 0 radical (unpaired) electrons. The molecule has 22 heavy (non-hydrogen) atoms. The van der Waals surface area contributed by atoms with Crippen molar-refractivity contribution >= 4 is 44.9 Å². The molecule has 0 saturated heterocycles. The van der Waals surface area contributed by atoms with Gasteiger partial charge >= 0.3 is 0 Å². The monoisotopic (exact) mass is 353 g/mol. The number of nitrogens with zero attached hydrogens (tertiary/aromatic N) is 3. The third-order valence-corrected chi connectivity index (χ3v) is 5.02. The van der Waals surface area contributed by atoms with Crippen molar-refractivity contribution in [2.75, 3.05) is 0 Å². The Balaban J connectivity index is 1.75. The number of benzene rings is 1. The van der Waals surface area contributed by atoms with Crippen molar-refractivity contribution in [3.05, 3.63) is 44.4 Å². The van der Waals surface area contributed by atoms with Crippen molar-refractivity contribution in [2.24, 2.45) is 0 Å². The third-order valence-electron chi connectivity index (χ3n) is 3.46. The van der Waals surface area contributed by atoms with Crippen LogP contribution in [0.25, 0.3) is 10.3 Å². The number of fused-ring (bicyclic) bond motifs is 2. The van der Waals surface area contributed by atoms with Gasteiger partial charge in [0, 0.05) is 19.0 Å². The van der Waals surface area contributed by atoms with E-state index in [0.717, 1.165) is 18.7 Å². The van der Waals surface area contributed by atoms with Crippen LogP contribution in [0.2, 0.25) is 10.0 Å². The minimum Gasteiger partial charge on any atom is -0.431 e. The van der Waals surface area contributed by atoms with Crippen LogP contribution in [-0.2, 0) is 13.0 Å². The fourth-order valence-electron chi connectivity index (χ4n) is 2.43. The fraction of sp³-hybridized carbons (Fsp3) is 0.214. The minimum absolute atomic E-state index is 0.0993. The Labute approximate surface area is 139 Å². The number of aromatic nitrogens is 3. The Morgan fingerprint density at radius 1 is 1.23 bits per heavy atom. The lowest BCUT2D eigenvalue weighted by Gasteiger charge is -2.02. The smallest absolute Gasteiger partial charge is 0.281 e. The third kappa shape index (κ3) is 2.27. The summed E-state index contributed by atoms with van der Waals surface area (Å²) in [6.07, 6.45) is 1.78. The first-order valence-electron chi connectivity index (χ1n) is 6.65. The molecule has 1 aliphatic heterocycles. The summed E-state index contributed by atoms with van der Waals surface area (Å²) in [4.78, 5) is 21.7. The van der Waals surface area contributed by atoms with Gasteiger partial charge in [0.05, 0.1) is 10.0 Å². The van der Waals surface area contributed by atoms with Crippen molar-refractivity contribution in [3.63, 3.8) is 0 Å². The Kier molecular flexibility index (Phi) is 3.32. The molecule has 0 N–H and O–H groups in total. The predicted molar refractivity (Wildman–Crippen MR) is 86.5 cm³/mol. The SMILES string of the molecule is O=c1c2nc(Oc3ccc(Cl)c(Cl)c3)sc2nc2n1CCC2. The van der Waals surface area contributed by atoms with E-state index in [4.69, 9.17) is 27.9 Å². The van der Waals surface area contributed by atoms with Crippen LogP contribution in [0, 0.1) is 0 Å². The highest BCUT2D eigenvalue weighted by Crippen LogP contribution is 2.32. The van der Waals surface area contributed by atoms with Crippen molar-refractivity contribution < 1.29 is 4.74 Å². The summed E-state index contributed by atoms with van der Waals surface area (Å²) in [5.74, 6) is 1.34. The number of aryl methyl sites for hydroxylation is 1. The molecule has 1 aliphatic rings. The average Bonchev–Trinajstić information content (AvgIpc) is 3.10. The first-order valence-corrected chi connectivity index (χ1v) is 8.22. The second-order valence-corrected chi connectivity index (χ2v) is 6.65. The number of hydrogen-bond acceptors (Lipinski definition) is 5. The van der Waals surface area contributed by atoms with E-state index in [1.165, 1.54) is 11.3 Å². The van der Waals surface area contributed by atoms with Gasteiger partial charge in [-0.05, 0) is 18.6 Å². The van der Waals surface area contributed by atoms with Crippen LogP contribution in [0.5, 0.6) is 10.9 Å². The molecule has 0 amide bonds. The van der Waals surface area contributed by atoms with Gasteiger partial charge in [-0.3, -0.25) is 9.36 Å². The summed E-state index contributed by atoms with van der Waals surface area (Å²) in [6.45, 7) is 0.706. The summed E-state index contributed by atoms with van der Waals surface area (Å²) >= 11 is 13.1. The molecular formula is C14H9Cl2N3O2S. The van der Waals surface area contributed by atoms with Gasteiger partial charge in [0.1, 0.15) is 11.6 Å². The molecule has 8 heteroatoms. The zero-order valence-electron chi connectivity index (χ0n) is 11.2. The van der Waals surface area contributed by atoms with Crippen LogP contribution < -0.4 is 10.3 Å². The largest absolute Gasteiger partial charge is 0.431 e. The van der Waals surface area contributed by atoms with Gasteiger partial charge in [0.15, 0.2) is 10.3 Å². The molecule has 3 aromatic rings. The molecule has 0 aliphatic carbocycles. The first kappa shape index (κ1) is 14.0. The molecular weight excluding hydrogens is 345 g/mol. The molecule has 4 rings (SSSR count). The summed E-state index contributed by atoms with van der Waals surface area (Å²) in [6, 6.07) is 4.95. The normalized spacial score (nSPS) is 13.5. The Hall–Kier alpha value is -1.63. The van der Waals surface area contributed by atoms with E-state index in [1.54, 1.807) is 22.8 Å². The topological polar surface area (TPSA) is 57.0 Å². The van der Waals surface area contributed by atoms with E-state index < -0.39 is 0 Å². The van der Waals surface area contributed by atoms with E-state index in [9.17, 15) is 4.79 Å². The minimum atomic E-state index is -0.0993. The maximum Gasteiger partial charge on any atom is 0.281 e. The van der Waals surface area contributed by atoms with E-state index in [2.05, 4.69) is 9.97 Å². The highest BCUT2D eigenvalue weighted by Gasteiger charge is 2.19. The number of hydrogen-bond donors (Lipinski definition) is 0. The number of rotatable bonds is 2. The highest BCUT2D eigenvalue weighted by atomic mass is 35.5. The quantitative estimate of drug-likeness (QED) is 0.700. The van der Waals surface area contributed by atoms with Crippen molar-refractivity contribution in [3.8, 4) is 10.9 Å². The molecule has 112 valence electrons. The molecule has 3 heterocycles. The molecule has 5 nitrogen and oxygen atoms in total. The van der Waals surface area contributed by atoms with Crippen molar-refractivity contribution in [1.29, 1.82) is 0 Å². The van der Waals surface area contributed by atoms with Crippen LogP contribution in [0.3, 0.4) is 0 Å². The zero-order chi connectivity index (χ0) is 15.3. The van der Waals surface area contributed by atoms with Crippen LogP contribution >= 0.6 is 34.5 Å². The van der Waals surface area contributed by atoms with Crippen LogP contribution in [0.15, 0.2) is 23.0 Å². The van der Waals surface area contributed by atoms with Gasteiger partial charge < -0.3 is 4.74 Å². The van der Waals surface area contributed by atoms with Gasteiger partial charge in [0.25, 0.3) is 10.8 Å². The van der Waals surface area contributed by atoms with E-state index in [0.29, 0.717) is 37.9 Å². The van der Waals surface area contributed by atoms with Gasteiger partial charge in [-0.1, -0.05) is 34.5 Å². The molecule has 0 atom stereocenters. The second-order valence-electron chi connectivity index (χ2n) is 4.90. The van der Waals surface area contributed by atoms with Gasteiger partial charge in [0.2, 0.25) is 0 Å². The molecule has 1 aromatic carbocycles. The first-order chi connectivity index (χ1) is 10.6. The van der Waals surface area contributed by atoms with Crippen molar-refractivity contribution in [1.82, 2.24) is 14.5 Å². The zero-order valence-corrected chi connectivity index (χ0v) is 13.5. The number of halogens is 2. The molecule has 0 bridgehead atoms. The highest BCUT2D eigenvalue weighted by molar-refractivity contribution is 7.19. The fourth-order valence-corrected chi connectivity index (χ4v) is 3.54. The second kappa shape index (κ2) is 5.22. The molecule has 0 unspecified atom stereocenters. The molecule has 0 saturated carbocycles. The van der Waals surface area contributed by atoms with Crippen molar-refractivity contribution in [2.45, 2.75) is 19.4 Å². The summed E-state index contributed by atoms with van der Waals surface area (Å²) < 4.78 is 7.35. The lowest BCUT2D eigenvalue weighted by molar-refractivity contribution is 0.480. The lowest BCUT2D eigenvalue weighted by Crippen LogP contribution is -2.20. The number of thiazole rings is 1. The lowest BCUT2D eigenvalue weighted by atomic mass is 10.3. The molecule has 0 fully saturated rings. The molecule has 2 aromatic heterocycles. The Morgan fingerprint density at radius 3 is 2.91 bits per heavy atom. The Bertz CT molecular complexity index is 951. The number of ether oxygens (including phenoxy) is 1. The van der Waals surface area contributed by atoms with Crippen LogP contribution in [0.4, 0.5) is 0 Å². The van der Waals surface area contributed by atoms with Crippen LogP contribution in [0.1, 0.15) is 12.2 Å². The summed E-state index contributed by atoms with van der Waals surface area (Å²) in [5.41, 5.74) is 0.253. The van der Waals surface area contributed by atoms with E-state index in [1.807, 2.05) is 0 Å². The summed E-state index contributed by atoms with van der Waals surface area (Å²) in [5, 5.41) is 1.22. The molecule has 0 spiro atoms. The maximum absolute atomic E-state index is 12.4. The van der Waals surface area contributed by atoms with Gasteiger partial charge in [-0.15, -0.1) is 0 Å². The van der Waals surface area contributed by atoms with E-state index >= 15 is 0 Å².